The van der Waals surface area contributed by atoms with Crippen molar-refractivity contribution in [3.63, 3.8) is 0 Å². The highest BCUT2D eigenvalue weighted by Crippen LogP contribution is 2.23. The minimum Gasteiger partial charge on any atom is -0.349 e. The molecule has 0 fully saturated rings. The molecule has 0 radical (unpaired) electrons. The van der Waals surface area contributed by atoms with Gasteiger partial charge in [0.1, 0.15) is 0 Å². The lowest BCUT2D eigenvalue weighted by Gasteiger charge is -2.05. The molecule has 1 unspecified atom stereocenters. The summed E-state index contributed by atoms with van der Waals surface area (Å²) in [4.78, 5) is 1.35. The summed E-state index contributed by atoms with van der Waals surface area (Å²) in [5.41, 5.74) is 7.21. The van der Waals surface area contributed by atoms with Crippen LogP contribution in [-0.4, -0.2) is 4.57 Å². The van der Waals surface area contributed by atoms with E-state index in [4.69, 9.17) is 5.73 Å². The summed E-state index contributed by atoms with van der Waals surface area (Å²) in [6, 6.07) is 6.50. The number of thiophene rings is 1. The topological polar surface area (TPSA) is 30.9 Å². The first-order valence-corrected chi connectivity index (χ1v) is 6.95. The first-order chi connectivity index (χ1) is 7.69. The van der Waals surface area contributed by atoms with Gasteiger partial charge in [-0.3, -0.25) is 0 Å². The van der Waals surface area contributed by atoms with Crippen molar-refractivity contribution >= 4 is 27.3 Å². The van der Waals surface area contributed by atoms with Crippen LogP contribution >= 0.6 is 27.3 Å². The molecule has 0 amide bonds. The van der Waals surface area contributed by atoms with Crippen LogP contribution in [0, 0.1) is 0 Å². The van der Waals surface area contributed by atoms with Gasteiger partial charge < -0.3 is 10.3 Å². The summed E-state index contributed by atoms with van der Waals surface area (Å²) in [6.45, 7) is 3.03. The molecule has 2 heterocycles. The highest BCUT2D eigenvalue weighted by atomic mass is 79.9. The lowest BCUT2D eigenvalue weighted by atomic mass is 10.1. The number of nitrogens with two attached hydrogens (primary N) is 1. The Bertz CT molecular complexity index is 461. The molecule has 2 rings (SSSR count). The normalized spacial score (nSPS) is 12.9. The number of nitrogens with zero attached hydrogens (tertiary/aromatic N) is 1. The maximum absolute atomic E-state index is 5.99. The van der Waals surface area contributed by atoms with Crippen molar-refractivity contribution in [1.82, 2.24) is 4.57 Å². The van der Waals surface area contributed by atoms with Crippen LogP contribution in [0.25, 0.3) is 0 Å². The molecule has 0 aliphatic rings. The van der Waals surface area contributed by atoms with Crippen molar-refractivity contribution < 1.29 is 0 Å². The first kappa shape index (κ1) is 11.9. The Morgan fingerprint density at radius 3 is 2.88 bits per heavy atom. The van der Waals surface area contributed by atoms with E-state index in [1.54, 1.807) is 11.3 Å². The molecular weight excluding hydrogens is 284 g/mol. The Morgan fingerprint density at radius 1 is 1.44 bits per heavy atom. The summed E-state index contributed by atoms with van der Waals surface area (Å²) in [6.07, 6.45) is 5.22. The number of halogens is 1. The molecule has 16 heavy (non-hydrogen) atoms. The lowest BCUT2D eigenvalue weighted by molar-refractivity contribution is 0.693. The molecule has 2 nitrogen and oxygen atoms in total. The molecule has 0 aliphatic heterocycles. The fourth-order valence-electron chi connectivity index (χ4n) is 1.63. The van der Waals surface area contributed by atoms with Gasteiger partial charge in [0.15, 0.2) is 0 Å². The summed E-state index contributed by atoms with van der Waals surface area (Å²) < 4.78 is 3.36. The Labute approximate surface area is 108 Å². The van der Waals surface area contributed by atoms with Crippen LogP contribution in [0.2, 0.25) is 0 Å². The highest BCUT2D eigenvalue weighted by Gasteiger charge is 2.05. The molecule has 0 saturated heterocycles. The van der Waals surface area contributed by atoms with E-state index in [2.05, 4.69) is 58.0 Å². The van der Waals surface area contributed by atoms with Gasteiger partial charge in [0.2, 0.25) is 0 Å². The van der Waals surface area contributed by atoms with E-state index in [9.17, 15) is 0 Å². The van der Waals surface area contributed by atoms with Gasteiger partial charge in [0, 0.05) is 23.3 Å². The molecule has 0 aromatic carbocycles. The van der Waals surface area contributed by atoms with Crippen LogP contribution in [0.15, 0.2) is 34.4 Å². The van der Waals surface area contributed by atoms with Crippen LogP contribution < -0.4 is 5.73 Å². The van der Waals surface area contributed by atoms with Crippen molar-refractivity contribution in [3.05, 3.63) is 44.8 Å². The molecule has 0 spiro atoms. The van der Waals surface area contributed by atoms with Gasteiger partial charge in [-0.15, -0.1) is 11.3 Å². The van der Waals surface area contributed by atoms with Crippen LogP contribution in [0.1, 0.15) is 29.8 Å². The molecule has 4 heteroatoms. The maximum Gasteiger partial charge on any atom is 0.0702 e. The molecule has 2 N–H and O–H groups in total. The molecule has 2 aromatic heterocycles. The minimum absolute atomic E-state index is 0.163. The van der Waals surface area contributed by atoms with Gasteiger partial charge >= 0.3 is 0 Å². The van der Waals surface area contributed by atoms with Crippen molar-refractivity contribution in [2.45, 2.75) is 25.9 Å². The van der Waals surface area contributed by atoms with E-state index in [1.807, 2.05) is 0 Å². The zero-order chi connectivity index (χ0) is 11.5. The van der Waals surface area contributed by atoms with E-state index in [1.165, 1.54) is 14.2 Å². The van der Waals surface area contributed by atoms with Gasteiger partial charge in [-0.25, -0.2) is 0 Å². The smallest absolute Gasteiger partial charge is 0.0702 e. The van der Waals surface area contributed by atoms with Gasteiger partial charge in [0.25, 0.3) is 0 Å². The molecule has 0 aliphatic carbocycles. The monoisotopic (exact) mass is 298 g/mol. The average molecular weight is 299 g/mol. The van der Waals surface area contributed by atoms with Crippen molar-refractivity contribution in [2.75, 3.05) is 0 Å². The molecule has 2 aromatic rings. The Hall–Kier alpha value is -0.580. The van der Waals surface area contributed by atoms with Crippen LogP contribution in [-0.2, 0) is 6.54 Å². The highest BCUT2D eigenvalue weighted by molar-refractivity contribution is 9.11. The number of aromatic nitrogens is 1. The second-order valence-corrected chi connectivity index (χ2v) is 6.39. The van der Waals surface area contributed by atoms with Crippen molar-refractivity contribution in [1.29, 1.82) is 0 Å². The summed E-state index contributed by atoms with van der Waals surface area (Å²) in [7, 11) is 0. The van der Waals surface area contributed by atoms with Gasteiger partial charge in [-0.05, 0) is 46.1 Å². The van der Waals surface area contributed by atoms with Crippen molar-refractivity contribution in [2.24, 2.45) is 5.73 Å². The van der Waals surface area contributed by atoms with E-state index in [-0.39, 0.29) is 6.04 Å². The summed E-state index contributed by atoms with van der Waals surface area (Å²) >= 11 is 5.24. The minimum atomic E-state index is 0.163. The van der Waals surface area contributed by atoms with E-state index >= 15 is 0 Å². The fourth-order valence-corrected chi connectivity index (χ4v) is 3.12. The molecule has 0 saturated carbocycles. The zero-order valence-electron chi connectivity index (χ0n) is 9.19. The predicted octanol–water partition coefficient (Wildman–Crippen LogP) is 3.77. The average Bonchev–Trinajstić information content (AvgIpc) is 2.87. The van der Waals surface area contributed by atoms with Gasteiger partial charge in [-0.2, -0.15) is 0 Å². The van der Waals surface area contributed by atoms with Crippen LogP contribution in [0.3, 0.4) is 0 Å². The number of hydrogen-bond acceptors (Lipinski definition) is 2. The number of hydrogen-bond donors (Lipinski definition) is 1. The predicted molar refractivity (Wildman–Crippen MR) is 72.8 cm³/mol. The van der Waals surface area contributed by atoms with E-state index in [0.717, 1.165) is 13.0 Å². The van der Waals surface area contributed by atoms with Gasteiger partial charge in [-0.1, -0.05) is 6.92 Å². The summed E-state index contributed by atoms with van der Waals surface area (Å²) in [5.74, 6) is 0. The SMILES string of the molecule is CCC(N)c1ccn(Cc2ccc(Br)s2)c1. The fraction of sp³-hybridized carbons (Fsp3) is 0.333. The largest absolute Gasteiger partial charge is 0.349 e. The maximum atomic E-state index is 5.99. The second kappa shape index (κ2) is 5.17. The lowest BCUT2D eigenvalue weighted by Crippen LogP contribution is -2.07. The zero-order valence-corrected chi connectivity index (χ0v) is 11.6. The molecule has 86 valence electrons. The van der Waals surface area contributed by atoms with E-state index in [0.29, 0.717) is 0 Å². The van der Waals surface area contributed by atoms with E-state index < -0.39 is 0 Å². The van der Waals surface area contributed by atoms with Gasteiger partial charge in [0.05, 0.1) is 10.3 Å². The Morgan fingerprint density at radius 2 is 2.25 bits per heavy atom. The third-order valence-electron chi connectivity index (χ3n) is 2.61. The van der Waals surface area contributed by atoms with Crippen molar-refractivity contribution in [3.8, 4) is 0 Å². The third-order valence-corrected chi connectivity index (χ3v) is 4.22. The molecule has 0 bridgehead atoms. The number of rotatable bonds is 4. The molecule has 1 atom stereocenters. The van der Waals surface area contributed by atoms with Crippen LogP contribution in [0.5, 0.6) is 0 Å². The summed E-state index contributed by atoms with van der Waals surface area (Å²) in [5, 5.41) is 0. The Kier molecular flexibility index (Phi) is 3.84. The third kappa shape index (κ3) is 2.75. The van der Waals surface area contributed by atoms with Crippen LogP contribution in [0.4, 0.5) is 0 Å². The quantitative estimate of drug-likeness (QED) is 0.915. The second-order valence-electron chi connectivity index (χ2n) is 3.84. The molecular formula is C12H15BrN2S. The Balaban J connectivity index is 2.08. The standard InChI is InChI=1S/C12H15BrN2S/c1-2-11(14)9-5-6-15(7-9)8-10-3-4-12(13)16-10/h3-7,11H,2,8,14H2,1H3. The first-order valence-electron chi connectivity index (χ1n) is 5.34.